The molecule has 1 aliphatic rings. The van der Waals surface area contributed by atoms with Gasteiger partial charge in [0.1, 0.15) is 11.5 Å². The molecule has 3 heterocycles. The van der Waals surface area contributed by atoms with Crippen LogP contribution in [0.25, 0.3) is 11.4 Å². The van der Waals surface area contributed by atoms with E-state index in [1.807, 2.05) is 31.3 Å². The van der Waals surface area contributed by atoms with Crippen LogP contribution in [0.3, 0.4) is 0 Å². The Kier molecular flexibility index (Phi) is 5.21. The van der Waals surface area contributed by atoms with Crippen molar-refractivity contribution in [1.29, 1.82) is 0 Å². The summed E-state index contributed by atoms with van der Waals surface area (Å²) in [4.78, 5) is 15.8. The van der Waals surface area contributed by atoms with Crippen LogP contribution in [-0.4, -0.2) is 40.6 Å². The molecular formula is C22H24N4O2. The van der Waals surface area contributed by atoms with Gasteiger partial charge in [-0.25, -0.2) is 9.97 Å². The van der Waals surface area contributed by atoms with Gasteiger partial charge < -0.3 is 9.47 Å². The van der Waals surface area contributed by atoms with Crippen molar-refractivity contribution < 1.29 is 9.47 Å². The molecule has 0 bridgehead atoms. The van der Waals surface area contributed by atoms with Crippen LogP contribution < -0.4 is 9.47 Å². The molecule has 4 rings (SSSR count). The maximum atomic E-state index is 5.66. The lowest BCUT2D eigenvalue weighted by molar-refractivity contribution is 0.239. The predicted octanol–water partition coefficient (Wildman–Crippen LogP) is 3.42. The fourth-order valence-electron chi connectivity index (χ4n) is 3.75. The summed E-state index contributed by atoms with van der Waals surface area (Å²) >= 11 is 0. The van der Waals surface area contributed by atoms with E-state index in [0.29, 0.717) is 0 Å². The second-order valence-corrected chi connectivity index (χ2v) is 6.95. The predicted molar refractivity (Wildman–Crippen MR) is 107 cm³/mol. The quantitative estimate of drug-likeness (QED) is 0.680. The molecule has 0 spiro atoms. The second kappa shape index (κ2) is 7.94. The van der Waals surface area contributed by atoms with E-state index in [1.165, 1.54) is 11.1 Å². The van der Waals surface area contributed by atoms with Crippen molar-refractivity contribution in [1.82, 2.24) is 19.9 Å². The molecule has 0 N–H and O–H groups in total. The van der Waals surface area contributed by atoms with Crippen molar-refractivity contribution in [3.63, 3.8) is 0 Å². The van der Waals surface area contributed by atoms with Gasteiger partial charge in [0.05, 0.1) is 19.9 Å². The zero-order valence-electron chi connectivity index (χ0n) is 16.5. The van der Waals surface area contributed by atoms with Gasteiger partial charge in [0.2, 0.25) is 0 Å². The zero-order valence-corrected chi connectivity index (χ0v) is 16.5. The van der Waals surface area contributed by atoms with E-state index in [-0.39, 0.29) is 0 Å². The Hall–Kier alpha value is -2.99. The minimum Gasteiger partial charge on any atom is -0.496 e. The molecule has 0 amide bonds. The van der Waals surface area contributed by atoms with Crippen molar-refractivity contribution >= 4 is 0 Å². The third-order valence-electron chi connectivity index (χ3n) is 5.21. The SMILES string of the molecule is COc1ccc(CN2CCc3nc(-c4ccncc4)ncc3C2)c(OC)c1C. The van der Waals surface area contributed by atoms with Crippen LogP contribution in [0.4, 0.5) is 0 Å². The topological polar surface area (TPSA) is 60.4 Å². The standard InChI is InChI=1S/C22H24N4O2/c1-15-20(27-2)5-4-17(21(15)28-3)13-26-11-8-19-18(14-26)12-24-22(25-19)16-6-9-23-10-7-16/h4-7,9-10,12H,8,11,13-14H2,1-3H3. The van der Waals surface area contributed by atoms with Crippen LogP contribution in [0.5, 0.6) is 11.5 Å². The van der Waals surface area contributed by atoms with E-state index >= 15 is 0 Å². The molecule has 0 saturated heterocycles. The normalized spacial score (nSPS) is 13.8. The number of benzene rings is 1. The van der Waals surface area contributed by atoms with E-state index in [2.05, 4.69) is 20.9 Å². The summed E-state index contributed by atoms with van der Waals surface area (Å²) < 4.78 is 11.1. The van der Waals surface area contributed by atoms with Crippen molar-refractivity contribution in [3.05, 3.63) is 65.2 Å². The highest BCUT2D eigenvalue weighted by atomic mass is 16.5. The van der Waals surface area contributed by atoms with Crippen molar-refractivity contribution in [3.8, 4) is 22.9 Å². The summed E-state index contributed by atoms with van der Waals surface area (Å²) in [6.45, 7) is 4.63. The largest absolute Gasteiger partial charge is 0.496 e. The van der Waals surface area contributed by atoms with Gasteiger partial charge in [0.25, 0.3) is 0 Å². The molecule has 0 fully saturated rings. The van der Waals surface area contributed by atoms with Crippen LogP contribution in [-0.2, 0) is 19.5 Å². The first-order valence-corrected chi connectivity index (χ1v) is 9.37. The first kappa shape index (κ1) is 18.4. The minimum atomic E-state index is 0.766. The number of hydrogen-bond donors (Lipinski definition) is 0. The molecule has 2 aromatic heterocycles. The molecule has 144 valence electrons. The van der Waals surface area contributed by atoms with Gasteiger partial charge in [-0.1, -0.05) is 6.07 Å². The fraction of sp³-hybridized carbons (Fsp3) is 0.318. The lowest BCUT2D eigenvalue weighted by Crippen LogP contribution is -2.31. The van der Waals surface area contributed by atoms with E-state index in [4.69, 9.17) is 14.5 Å². The lowest BCUT2D eigenvalue weighted by atomic mass is 10.0. The summed E-state index contributed by atoms with van der Waals surface area (Å²) in [6, 6.07) is 7.97. The molecule has 28 heavy (non-hydrogen) atoms. The highest BCUT2D eigenvalue weighted by Gasteiger charge is 2.21. The first-order chi connectivity index (χ1) is 13.7. The zero-order chi connectivity index (χ0) is 19.5. The maximum absolute atomic E-state index is 5.66. The van der Waals surface area contributed by atoms with E-state index < -0.39 is 0 Å². The molecule has 0 unspecified atom stereocenters. The number of pyridine rings is 1. The molecule has 6 heteroatoms. The highest BCUT2D eigenvalue weighted by molar-refractivity contribution is 5.54. The Bertz CT molecular complexity index is 976. The third kappa shape index (κ3) is 3.55. The molecule has 0 aliphatic carbocycles. The Labute approximate surface area is 165 Å². The molecular weight excluding hydrogens is 352 g/mol. The first-order valence-electron chi connectivity index (χ1n) is 9.37. The maximum Gasteiger partial charge on any atom is 0.159 e. The van der Waals surface area contributed by atoms with Crippen molar-refractivity contribution in [2.75, 3.05) is 20.8 Å². The second-order valence-electron chi connectivity index (χ2n) is 6.95. The van der Waals surface area contributed by atoms with Crippen LogP contribution in [0.15, 0.2) is 42.9 Å². The molecule has 1 aromatic carbocycles. The van der Waals surface area contributed by atoms with E-state index in [1.54, 1.807) is 26.6 Å². The smallest absolute Gasteiger partial charge is 0.159 e. The number of nitrogens with zero attached hydrogens (tertiary/aromatic N) is 4. The summed E-state index contributed by atoms with van der Waals surface area (Å²) in [5, 5.41) is 0. The summed E-state index contributed by atoms with van der Waals surface area (Å²) in [7, 11) is 3.40. The number of hydrogen-bond acceptors (Lipinski definition) is 6. The summed E-state index contributed by atoms with van der Waals surface area (Å²) in [5.41, 5.74) is 5.52. The molecule has 1 aliphatic heterocycles. The van der Waals surface area contributed by atoms with Gasteiger partial charge in [0.15, 0.2) is 5.82 Å². The average Bonchev–Trinajstić information content (AvgIpc) is 2.74. The molecule has 0 atom stereocenters. The van der Waals surface area contributed by atoms with Crippen LogP contribution in [0.1, 0.15) is 22.4 Å². The summed E-state index contributed by atoms with van der Waals surface area (Å²) in [6.07, 6.45) is 6.41. The number of rotatable bonds is 5. The number of aromatic nitrogens is 3. The van der Waals surface area contributed by atoms with Gasteiger partial charge in [-0.3, -0.25) is 9.88 Å². The van der Waals surface area contributed by atoms with Crippen molar-refractivity contribution in [2.24, 2.45) is 0 Å². The lowest BCUT2D eigenvalue weighted by Gasteiger charge is -2.29. The molecule has 0 saturated carbocycles. The monoisotopic (exact) mass is 376 g/mol. The average molecular weight is 376 g/mol. The molecule has 3 aromatic rings. The third-order valence-corrected chi connectivity index (χ3v) is 5.21. The molecule has 0 radical (unpaired) electrons. The summed E-state index contributed by atoms with van der Waals surface area (Å²) in [5.74, 6) is 2.51. The van der Waals surface area contributed by atoms with Crippen molar-refractivity contribution in [2.45, 2.75) is 26.4 Å². The number of methoxy groups -OCH3 is 2. The van der Waals surface area contributed by atoms with Gasteiger partial charge >= 0.3 is 0 Å². The highest BCUT2D eigenvalue weighted by Crippen LogP contribution is 2.33. The number of ether oxygens (including phenoxy) is 2. The fourth-order valence-corrected chi connectivity index (χ4v) is 3.75. The van der Waals surface area contributed by atoms with Crippen LogP contribution in [0, 0.1) is 6.92 Å². The molecule has 6 nitrogen and oxygen atoms in total. The van der Waals surface area contributed by atoms with E-state index in [0.717, 1.165) is 60.2 Å². The Morgan fingerprint density at radius 3 is 2.64 bits per heavy atom. The Balaban J connectivity index is 1.53. The van der Waals surface area contributed by atoms with Gasteiger partial charge in [-0.2, -0.15) is 0 Å². The Morgan fingerprint density at radius 2 is 1.89 bits per heavy atom. The Morgan fingerprint density at radius 1 is 1.07 bits per heavy atom. The van der Waals surface area contributed by atoms with Gasteiger partial charge in [0, 0.05) is 66.9 Å². The van der Waals surface area contributed by atoms with Crippen LogP contribution >= 0.6 is 0 Å². The van der Waals surface area contributed by atoms with E-state index in [9.17, 15) is 0 Å². The van der Waals surface area contributed by atoms with Crippen LogP contribution in [0.2, 0.25) is 0 Å². The van der Waals surface area contributed by atoms with Gasteiger partial charge in [-0.05, 0) is 25.1 Å². The van der Waals surface area contributed by atoms with Gasteiger partial charge in [-0.15, -0.1) is 0 Å². The number of fused-ring (bicyclic) bond motifs is 1. The minimum absolute atomic E-state index is 0.766.